The fourth-order valence-corrected chi connectivity index (χ4v) is 4.04. The van der Waals surface area contributed by atoms with Gasteiger partial charge in [-0.1, -0.05) is 30.3 Å². The number of nitrogens with zero attached hydrogens (tertiary/aromatic N) is 1. The molecule has 2 aromatic carbocycles. The first-order chi connectivity index (χ1) is 10.4. The van der Waals surface area contributed by atoms with Gasteiger partial charge in [-0.25, -0.2) is 12.4 Å². The van der Waals surface area contributed by atoms with Crippen molar-refractivity contribution in [1.29, 1.82) is 0 Å². The Labute approximate surface area is 127 Å². The number of benzene rings is 2. The lowest BCUT2D eigenvalue weighted by atomic mass is 10.2. The van der Waals surface area contributed by atoms with E-state index >= 15 is 0 Å². The summed E-state index contributed by atoms with van der Waals surface area (Å²) in [7, 11) is -3.98. The number of hydrogen-bond donors (Lipinski definition) is 1. The average Bonchev–Trinajstić information content (AvgIpc) is 2.82. The lowest BCUT2D eigenvalue weighted by Crippen LogP contribution is -2.17. The Balaban J connectivity index is 2.45. The van der Waals surface area contributed by atoms with Crippen LogP contribution in [0.3, 0.4) is 0 Å². The molecule has 0 atom stereocenters. The van der Waals surface area contributed by atoms with Crippen LogP contribution >= 0.6 is 0 Å². The molecular formula is C16H13NO4S. The number of carbonyl (C=O) groups is 1. The molecule has 0 aliphatic rings. The van der Waals surface area contributed by atoms with Crippen LogP contribution in [0, 0.1) is 0 Å². The third-order valence-electron chi connectivity index (χ3n) is 3.42. The van der Waals surface area contributed by atoms with E-state index in [1.165, 1.54) is 19.1 Å². The minimum absolute atomic E-state index is 0.0539. The molecule has 112 valence electrons. The van der Waals surface area contributed by atoms with Crippen molar-refractivity contribution in [1.82, 2.24) is 3.97 Å². The highest BCUT2D eigenvalue weighted by Gasteiger charge is 2.28. The van der Waals surface area contributed by atoms with Crippen molar-refractivity contribution in [3.8, 4) is 5.75 Å². The predicted molar refractivity (Wildman–Crippen MR) is 82.6 cm³/mol. The first kappa shape index (κ1) is 14.3. The van der Waals surface area contributed by atoms with Gasteiger partial charge < -0.3 is 5.11 Å². The molecule has 3 rings (SSSR count). The molecule has 0 saturated carbocycles. The molecule has 0 aliphatic heterocycles. The molecule has 0 radical (unpaired) electrons. The number of aromatic hydroxyl groups is 1. The Morgan fingerprint density at radius 2 is 1.59 bits per heavy atom. The molecule has 0 unspecified atom stereocenters. The SMILES string of the molecule is CC(=O)c1c(O)c2ccccc2n1S(=O)(=O)c1ccccc1. The van der Waals surface area contributed by atoms with E-state index in [4.69, 9.17) is 0 Å². The Hall–Kier alpha value is -2.60. The van der Waals surface area contributed by atoms with E-state index in [1.54, 1.807) is 42.5 Å². The summed E-state index contributed by atoms with van der Waals surface area (Å²) in [5.41, 5.74) is 0.0408. The molecule has 0 bridgehead atoms. The molecule has 1 N–H and O–H groups in total. The first-order valence-corrected chi connectivity index (χ1v) is 8.02. The summed E-state index contributed by atoms with van der Waals surface area (Å²) in [5, 5.41) is 10.6. The topological polar surface area (TPSA) is 76.4 Å². The number of aromatic nitrogens is 1. The molecule has 3 aromatic rings. The molecule has 0 amide bonds. The number of ketones is 1. The fourth-order valence-electron chi connectivity index (χ4n) is 2.45. The molecule has 0 fully saturated rings. The van der Waals surface area contributed by atoms with Crippen molar-refractivity contribution < 1.29 is 18.3 Å². The molecule has 0 aliphatic carbocycles. The van der Waals surface area contributed by atoms with Crippen LogP contribution in [0.1, 0.15) is 17.4 Å². The minimum Gasteiger partial charge on any atom is -0.505 e. The summed E-state index contributed by atoms with van der Waals surface area (Å²) in [5.74, 6) is -0.837. The highest BCUT2D eigenvalue weighted by Crippen LogP contribution is 2.35. The van der Waals surface area contributed by atoms with E-state index < -0.39 is 15.8 Å². The van der Waals surface area contributed by atoms with E-state index in [0.717, 1.165) is 3.97 Å². The zero-order valence-corrected chi connectivity index (χ0v) is 12.5. The van der Waals surface area contributed by atoms with Gasteiger partial charge in [-0.15, -0.1) is 0 Å². The third-order valence-corrected chi connectivity index (χ3v) is 5.15. The minimum atomic E-state index is -3.98. The normalized spacial score (nSPS) is 11.7. The zero-order chi connectivity index (χ0) is 15.9. The average molecular weight is 315 g/mol. The van der Waals surface area contributed by atoms with Gasteiger partial charge in [0.05, 0.1) is 10.4 Å². The van der Waals surface area contributed by atoms with Crippen LogP contribution in [0.5, 0.6) is 5.75 Å². The van der Waals surface area contributed by atoms with Crippen LogP contribution in [-0.2, 0) is 10.0 Å². The molecule has 0 saturated heterocycles. The van der Waals surface area contributed by atoms with E-state index in [9.17, 15) is 18.3 Å². The second-order valence-corrected chi connectivity index (χ2v) is 6.64. The molecule has 6 heteroatoms. The Morgan fingerprint density at radius 3 is 2.23 bits per heavy atom. The van der Waals surface area contributed by atoms with Crippen molar-refractivity contribution in [3.05, 3.63) is 60.3 Å². The van der Waals surface area contributed by atoms with E-state index in [-0.39, 0.29) is 21.9 Å². The standard InChI is InChI=1S/C16H13NO4S/c1-11(18)15-16(19)13-9-5-6-10-14(13)17(15)22(20,21)12-7-3-2-4-8-12/h2-10,19H,1H3. The molecular weight excluding hydrogens is 302 g/mol. The highest BCUT2D eigenvalue weighted by molar-refractivity contribution is 7.90. The third kappa shape index (κ3) is 2.00. The van der Waals surface area contributed by atoms with Crippen molar-refractivity contribution in [2.24, 2.45) is 0 Å². The Kier molecular flexibility index (Phi) is 3.26. The zero-order valence-electron chi connectivity index (χ0n) is 11.7. The van der Waals surface area contributed by atoms with Crippen LogP contribution in [0.4, 0.5) is 0 Å². The monoisotopic (exact) mass is 315 g/mol. The molecule has 1 aromatic heterocycles. The van der Waals surface area contributed by atoms with Crippen LogP contribution in [0.15, 0.2) is 59.5 Å². The summed E-state index contributed by atoms with van der Waals surface area (Å²) in [6.07, 6.45) is 0. The van der Waals surface area contributed by atoms with Gasteiger partial charge in [-0.05, 0) is 24.3 Å². The number of Topliss-reactive ketones (excluding diaryl/α,β-unsaturated/α-hetero) is 1. The largest absolute Gasteiger partial charge is 0.505 e. The Morgan fingerprint density at radius 1 is 1.00 bits per heavy atom. The maximum Gasteiger partial charge on any atom is 0.268 e. The van der Waals surface area contributed by atoms with Crippen LogP contribution < -0.4 is 0 Å². The van der Waals surface area contributed by atoms with Crippen LogP contribution in [0.2, 0.25) is 0 Å². The second-order valence-electron chi connectivity index (χ2n) is 4.85. The number of fused-ring (bicyclic) bond motifs is 1. The van der Waals surface area contributed by atoms with E-state index in [0.29, 0.717) is 5.39 Å². The number of hydrogen-bond acceptors (Lipinski definition) is 4. The van der Waals surface area contributed by atoms with E-state index in [2.05, 4.69) is 0 Å². The summed E-state index contributed by atoms with van der Waals surface area (Å²) in [6.45, 7) is 1.23. The van der Waals surface area contributed by atoms with Crippen molar-refractivity contribution >= 4 is 26.7 Å². The molecule has 0 spiro atoms. The number of para-hydroxylation sites is 1. The van der Waals surface area contributed by atoms with Gasteiger partial charge in [0.1, 0.15) is 5.69 Å². The van der Waals surface area contributed by atoms with Gasteiger partial charge in [0, 0.05) is 12.3 Å². The maximum atomic E-state index is 12.9. The highest BCUT2D eigenvalue weighted by atomic mass is 32.2. The quantitative estimate of drug-likeness (QED) is 0.754. The lowest BCUT2D eigenvalue weighted by molar-refractivity contribution is 0.101. The summed E-state index contributed by atoms with van der Waals surface area (Å²) in [4.78, 5) is 11.9. The number of rotatable bonds is 3. The summed E-state index contributed by atoms with van der Waals surface area (Å²) >= 11 is 0. The van der Waals surface area contributed by atoms with Crippen LogP contribution in [-0.4, -0.2) is 23.3 Å². The van der Waals surface area contributed by atoms with Crippen molar-refractivity contribution in [3.63, 3.8) is 0 Å². The van der Waals surface area contributed by atoms with Crippen molar-refractivity contribution in [2.75, 3.05) is 0 Å². The van der Waals surface area contributed by atoms with Gasteiger partial charge in [0.25, 0.3) is 10.0 Å². The smallest absolute Gasteiger partial charge is 0.268 e. The summed E-state index contributed by atoms with van der Waals surface area (Å²) < 4.78 is 26.7. The van der Waals surface area contributed by atoms with E-state index in [1.807, 2.05) is 0 Å². The van der Waals surface area contributed by atoms with Gasteiger partial charge in [0.2, 0.25) is 0 Å². The predicted octanol–water partition coefficient (Wildman–Crippen LogP) is 2.79. The van der Waals surface area contributed by atoms with Crippen molar-refractivity contribution in [2.45, 2.75) is 11.8 Å². The van der Waals surface area contributed by atoms with Gasteiger partial charge >= 0.3 is 0 Å². The van der Waals surface area contributed by atoms with Crippen LogP contribution in [0.25, 0.3) is 10.9 Å². The summed E-state index contributed by atoms with van der Waals surface area (Å²) in [6, 6.07) is 14.3. The van der Waals surface area contributed by atoms with Gasteiger partial charge in [-0.3, -0.25) is 4.79 Å². The molecule has 5 nitrogen and oxygen atoms in total. The second kappa shape index (κ2) is 4.99. The van der Waals surface area contributed by atoms with Gasteiger partial charge in [-0.2, -0.15) is 0 Å². The fraction of sp³-hybridized carbons (Fsp3) is 0.0625. The first-order valence-electron chi connectivity index (χ1n) is 6.58. The molecule has 1 heterocycles. The number of carbonyl (C=O) groups excluding carboxylic acids is 1. The molecule has 22 heavy (non-hydrogen) atoms. The lowest BCUT2D eigenvalue weighted by Gasteiger charge is -2.10. The maximum absolute atomic E-state index is 12.9. The van der Waals surface area contributed by atoms with Gasteiger partial charge in [0.15, 0.2) is 11.5 Å². The Bertz CT molecular complexity index is 972.